The third kappa shape index (κ3) is 3.69. The van der Waals surface area contributed by atoms with Crippen LogP contribution in [-0.4, -0.2) is 18.4 Å². The fourth-order valence-corrected chi connectivity index (χ4v) is 3.33. The quantitative estimate of drug-likeness (QED) is 0.892. The molecule has 0 aliphatic carbocycles. The smallest absolute Gasteiger partial charge is 0.229 e. The molecule has 1 fully saturated rings. The van der Waals surface area contributed by atoms with Crippen LogP contribution in [0.2, 0.25) is 5.02 Å². The number of para-hydroxylation sites is 1. The van der Waals surface area contributed by atoms with Crippen molar-refractivity contribution in [3.63, 3.8) is 0 Å². The lowest BCUT2D eigenvalue weighted by Gasteiger charge is -2.17. The van der Waals surface area contributed by atoms with E-state index >= 15 is 0 Å². The normalized spacial score (nSPS) is 17.0. The lowest BCUT2D eigenvalue weighted by molar-refractivity contribution is -0.122. The number of carbonyl (C=O) groups is 2. The molecule has 2 amide bonds. The van der Waals surface area contributed by atoms with Gasteiger partial charge in [0.15, 0.2) is 0 Å². The van der Waals surface area contributed by atoms with Crippen LogP contribution in [0, 0.1) is 12.8 Å². The summed E-state index contributed by atoms with van der Waals surface area (Å²) in [7, 11) is 0. The average Bonchev–Trinajstić information content (AvgIpc) is 3.00. The molecule has 0 saturated carbocycles. The monoisotopic (exact) mass is 356 g/mol. The summed E-state index contributed by atoms with van der Waals surface area (Å²) in [6.45, 7) is 4.37. The number of nitrogens with zero attached hydrogens (tertiary/aromatic N) is 1. The van der Waals surface area contributed by atoms with E-state index in [1.165, 1.54) is 5.56 Å². The van der Waals surface area contributed by atoms with Gasteiger partial charge in [0.25, 0.3) is 0 Å². The summed E-state index contributed by atoms with van der Waals surface area (Å²) in [5.74, 6) is -0.577. The molecular formula is C20H21ClN2O2. The van der Waals surface area contributed by atoms with E-state index in [1.807, 2.05) is 43.3 Å². The number of amides is 2. The second-order valence-electron chi connectivity index (χ2n) is 6.35. The Morgan fingerprint density at radius 3 is 2.60 bits per heavy atom. The van der Waals surface area contributed by atoms with Crippen LogP contribution in [0.15, 0.2) is 42.5 Å². The van der Waals surface area contributed by atoms with Crippen molar-refractivity contribution in [2.75, 3.05) is 16.8 Å². The highest BCUT2D eigenvalue weighted by Gasteiger charge is 2.35. The Morgan fingerprint density at radius 2 is 1.96 bits per heavy atom. The molecule has 5 heteroatoms. The van der Waals surface area contributed by atoms with Crippen molar-refractivity contribution in [3.8, 4) is 0 Å². The van der Waals surface area contributed by atoms with Gasteiger partial charge in [-0.3, -0.25) is 9.59 Å². The van der Waals surface area contributed by atoms with Gasteiger partial charge in [-0.2, -0.15) is 0 Å². The Labute approximate surface area is 152 Å². The zero-order chi connectivity index (χ0) is 18.0. The van der Waals surface area contributed by atoms with Gasteiger partial charge in [0.05, 0.1) is 16.6 Å². The van der Waals surface area contributed by atoms with Gasteiger partial charge in [-0.05, 0) is 42.7 Å². The highest BCUT2D eigenvalue weighted by Crippen LogP contribution is 2.29. The Bertz CT molecular complexity index is 782. The van der Waals surface area contributed by atoms with Crippen LogP contribution in [0.1, 0.15) is 24.5 Å². The van der Waals surface area contributed by atoms with E-state index in [9.17, 15) is 9.59 Å². The highest BCUT2D eigenvalue weighted by atomic mass is 35.5. The van der Waals surface area contributed by atoms with Crippen LogP contribution in [0.5, 0.6) is 0 Å². The van der Waals surface area contributed by atoms with Crippen LogP contribution in [-0.2, 0) is 16.0 Å². The second-order valence-corrected chi connectivity index (χ2v) is 6.75. The molecule has 0 radical (unpaired) electrons. The summed E-state index contributed by atoms with van der Waals surface area (Å²) in [5.41, 5.74) is 3.58. The number of aryl methyl sites for hydroxylation is 2. The minimum Gasteiger partial charge on any atom is -0.324 e. The molecule has 25 heavy (non-hydrogen) atoms. The predicted molar refractivity (Wildman–Crippen MR) is 101 cm³/mol. The lowest BCUT2D eigenvalue weighted by Crippen LogP contribution is -2.28. The minimum absolute atomic E-state index is 0.0275. The number of benzene rings is 2. The van der Waals surface area contributed by atoms with Crippen molar-refractivity contribution in [1.82, 2.24) is 0 Å². The number of nitrogens with one attached hydrogen (secondary N) is 1. The number of hydrogen-bond acceptors (Lipinski definition) is 2. The van der Waals surface area contributed by atoms with Gasteiger partial charge in [-0.15, -0.1) is 0 Å². The molecule has 1 aliphatic heterocycles. The van der Waals surface area contributed by atoms with Gasteiger partial charge in [0, 0.05) is 18.7 Å². The van der Waals surface area contributed by atoms with Crippen LogP contribution in [0.4, 0.5) is 11.4 Å². The van der Waals surface area contributed by atoms with Gasteiger partial charge in [-0.25, -0.2) is 0 Å². The molecular weight excluding hydrogens is 336 g/mol. The van der Waals surface area contributed by atoms with Crippen molar-refractivity contribution >= 4 is 34.8 Å². The number of halogens is 1. The van der Waals surface area contributed by atoms with E-state index in [1.54, 1.807) is 11.0 Å². The van der Waals surface area contributed by atoms with Crippen molar-refractivity contribution in [2.45, 2.75) is 26.7 Å². The van der Waals surface area contributed by atoms with E-state index in [2.05, 4.69) is 12.2 Å². The molecule has 0 aromatic heterocycles. The Kier molecular flexibility index (Phi) is 5.09. The van der Waals surface area contributed by atoms with Gasteiger partial charge in [0.1, 0.15) is 0 Å². The SMILES string of the molecule is CCc1ccc(N2C[C@@H](C(=O)Nc3c(C)cccc3Cl)CC2=O)cc1. The fraction of sp³-hybridized carbons (Fsp3) is 0.300. The topological polar surface area (TPSA) is 49.4 Å². The summed E-state index contributed by atoms with van der Waals surface area (Å²) in [4.78, 5) is 26.6. The standard InChI is InChI=1S/C20H21ClN2O2/c1-3-14-7-9-16(10-8-14)23-12-15(11-18(23)24)20(25)22-19-13(2)5-4-6-17(19)21/h4-10,15H,3,11-12H2,1-2H3,(H,22,25)/t15-/m0/s1. The number of carbonyl (C=O) groups excluding carboxylic acids is 2. The zero-order valence-electron chi connectivity index (χ0n) is 14.4. The molecule has 130 valence electrons. The van der Waals surface area contributed by atoms with E-state index in [0.717, 1.165) is 17.7 Å². The van der Waals surface area contributed by atoms with E-state index in [-0.39, 0.29) is 24.2 Å². The fourth-order valence-electron chi connectivity index (χ4n) is 3.06. The molecule has 1 N–H and O–H groups in total. The van der Waals surface area contributed by atoms with Gasteiger partial charge in [-0.1, -0.05) is 42.8 Å². The molecule has 1 heterocycles. The maximum atomic E-state index is 12.6. The molecule has 1 aliphatic rings. The van der Waals surface area contributed by atoms with Crippen LogP contribution in [0.25, 0.3) is 0 Å². The van der Waals surface area contributed by atoms with E-state index in [4.69, 9.17) is 11.6 Å². The van der Waals surface area contributed by atoms with Crippen molar-refractivity contribution < 1.29 is 9.59 Å². The first-order chi connectivity index (χ1) is 12.0. The number of rotatable bonds is 4. The molecule has 0 spiro atoms. The van der Waals surface area contributed by atoms with Crippen LogP contribution >= 0.6 is 11.6 Å². The summed E-state index contributed by atoms with van der Waals surface area (Å²) < 4.78 is 0. The van der Waals surface area contributed by atoms with Crippen LogP contribution in [0.3, 0.4) is 0 Å². The molecule has 0 unspecified atom stereocenters. The average molecular weight is 357 g/mol. The van der Waals surface area contributed by atoms with Gasteiger partial charge in [0.2, 0.25) is 11.8 Å². The highest BCUT2D eigenvalue weighted by molar-refractivity contribution is 6.34. The molecule has 1 atom stereocenters. The molecule has 3 rings (SSSR count). The summed E-state index contributed by atoms with van der Waals surface area (Å²) in [6.07, 6.45) is 1.17. The minimum atomic E-state index is -0.381. The molecule has 4 nitrogen and oxygen atoms in total. The van der Waals surface area contributed by atoms with Crippen LogP contribution < -0.4 is 10.2 Å². The second kappa shape index (κ2) is 7.28. The Morgan fingerprint density at radius 1 is 1.24 bits per heavy atom. The van der Waals surface area contributed by atoms with Gasteiger partial charge >= 0.3 is 0 Å². The Hall–Kier alpha value is -2.33. The third-order valence-electron chi connectivity index (χ3n) is 4.62. The molecule has 0 bridgehead atoms. The molecule has 2 aromatic carbocycles. The van der Waals surface area contributed by atoms with Crippen molar-refractivity contribution in [3.05, 3.63) is 58.6 Å². The van der Waals surface area contributed by atoms with E-state index in [0.29, 0.717) is 17.3 Å². The zero-order valence-corrected chi connectivity index (χ0v) is 15.1. The number of anilines is 2. The first-order valence-corrected chi connectivity index (χ1v) is 8.82. The van der Waals surface area contributed by atoms with Crippen molar-refractivity contribution in [2.24, 2.45) is 5.92 Å². The maximum absolute atomic E-state index is 12.6. The third-order valence-corrected chi connectivity index (χ3v) is 4.94. The molecule has 1 saturated heterocycles. The number of hydrogen-bond donors (Lipinski definition) is 1. The molecule has 2 aromatic rings. The predicted octanol–water partition coefficient (Wildman–Crippen LogP) is 4.20. The lowest BCUT2D eigenvalue weighted by atomic mass is 10.1. The van der Waals surface area contributed by atoms with Crippen molar-refractivity contribution in [1.29, 1.82) is 0 Å². The summed E-state index contributed by atoms with van der Waals surface area (Å²) in [6, 6.07) is 13.4. The Balaban J connectivity index is 1.72. The first kappa shape index (κ1) is 17.5. The first-order valence-electron chi connectivity index (χ1n) is 8.45. The van der Waals surface area contributed by atoms with Gasteiger partial charge < -0.3 is 10.2 Å². The summed E-state index contributed by atoms with van der Waals surface area (Å²) in [5, 5.41) is 3.39. The maximum Gasteiger partial charge on any atom is 0.229 e. The van der Waals surface area contributed by atoms with E-state index < -0.39 is 0 Å². The summed E-state index contributed by atoms with van der Waals surface area (Å²) >= 11 is 6.17. The largest absolute Gasteiger partial charge is 0.324 e.